The van der Waals surface area contributed by atoms with Crippen molar-refractivity contribution in [2.75, 3.05) is 91.7 Å². The molecule has 0 aromatic rings. The molecule has 0 spiro atoms. The number of hydrogen-bond acceptors (Lipinski definition) is 25. The Morgan fingerprint density at radius 1 is 0.305 bits per heavy atom. The lowest BCUT2D eigenvalue weighted by molar-refractivity contribution is -0.126. The number of hydrogen-bond donors (Lipinski definition) is 9. The zero-order valence-corrected chi connectivity index (χ0v) is 74.4. The summed E-state index contributed by atoms with van der Waals surface area (Å²) in [6, 6.07) is 0. The van der Waals surface area contributed by atoms with Gasteiger partial charge in [0.15, 0.2) is 0 Å². The van der Waals surface area contributed by atoms with Crippen molar-refractivity contribution in [1.82, 2.24) is 42.5 Å². The molecule has 8 amide bonds. The van der Waals surface area contributed by atoms with Gasteiger partial charge in [0.25, 0.3) is 6.47 Å². The molecule has 0 fully saturated rings. The predicted octanol–water partition coefficient (Wildman–Crippen LogP) is 8.48. The quantitative estimate of drug-likeness (QED) is 0.0726. The van der Waals surface area contributed by atoms with Crippen molar-refractivity contribution >= 4 is 143 Å². The lowest BCUT2D eigenvalue weighted by Crippen LogP contribution is -2.24. The van der Waals surface area contributed by atoms with Gasteiger partial charge in [0.05, 0.1) is 12.9 Å². The monoisotopic (exact) mass is 1520 g/mol. The van der Waals surface area contributed by atoms with Crippen LogP contribution in [0.5, 0.6) is 0 Å². The van der Waals surface area contributed by atoms with E-state index in [4.69, 9.17) is 15.0 Å². The topological polar surface area (TPSA) is 498 Å². The van der Waals surface area contributed by atoms with E-state index in [9.17, 15) is 76.7 Å². The first kappa shape index (κ1) is 167. The molecule has 0 aromatic carbocycles. The number of rotatable bonds is 3. The summed E-state index contributed by atoms with van der Waals surface area (Å²) in [5.41, 5.74) is 0. The highest BCUT2D eigenvalue weighted by Gasteiger charge is 1.87. The van der Waals surface area contributed by atoms with Gasteiger partial charge in [0.2, 0.25) is 47.3 Å². The van der Waals surface area contributed by atoms with Crippen LogP contribution in [0.3, 0.4) is 0 Å². The van der Waals surface area contributed by atoms with Crippen molar-refractivity contribution in [3.05, 3.63) is 0 Å². The highest BCUT2D eigenvalue weighted by atomic mass is 16.5. The van der Waals surface area contributed by atoms with Crippen molar-refractivity contribution in [1.29, 1.82) is 5.41 Å². The fraction of sp³-hybridized carbons (Fsp3) is 0.667. The third-order valence-electron chi connectivity index (χ3n) is 4.96. The summed E-state index contributed by atoms with van der Waals surface area (Å²) in [5.74, 6) is 1.54. The molecule has 0 unspecified atom stereocenters. The van der Waals surface area contributed by atoms with Gasteiger partial charge >= 0.3 is 0 Å². The summed E-state index contributed by atoms with van der Waals surface area (Å²) in [4.78, 5) is 190. The molecule has 0 saturated heterocycles. The summed E-state index contributed by atoms with van der Waals surface area (Å²) < 4.78 is 3.86. The lowest BCUT2D eigenvalue weighted by atomic mass is 10.4. The Labute approximate surface area is 637 Å². The second-order valence-electron chi connectivity index (χ2n) is 17.7. The van der Waals surface area contributed by atoms with E-state index >= 15 is 0 Å². The van der Waals surface area contributed by atoms with Gasteiger partial charge in [-0.15, -0.1) is 0 Å². The molecular formula is C72H158N14O19. The number of nitrogens with zero attached hydrogens (tertiary/aromatic N) is 5. The Hall–Kier alpha value is -9.72. The number of amides is 8. The van der Waals surface area contributed by atoms with Crippen LogP contribution in [0.25, 0.3) is 0 Å². The minimum atomic E-state index is -0.187. The molecule has 0 saturated carbocycles. The van der Waals surface area contributed by atoms with Crippen molar-refractivity contribution < 1.29 is 91.0 Å². The average Bonchev–Trinajstić information content (AvgIpc) is 3.47. The molecule has 0 heterocycles. The Kier molecular flexibility index (Phi) is 315. The van der Waals surface area contributed by atoms with E-state index in [0.717, 1.165) is 6.29 Å². The number of ketones is 8. The third-order valence-corrected chi connectivity index (χ3v) is 4.96. The molecule has 105 heavy (non-hydrogen) atoms. The molecule has 33 heteroatoms. The van der Waals surface area contributed by atoms with Crippen LogP contribution in [0.2, 0.25) is 0 Å². The standard InChI is InChI=1S/C4H8N2O.C4H9NO.C4H8O.6C3H7NO.5C3H7N.7C3H6O.C2H4O2.C2H4O.C2H6/c1-3(5)6-4(2)7;1-3-4(6)5-2;1-3-4(2)5;6*1-3(5)4-2;5*1-3-4-2;7*1-3(2)4;1-4-2-3;1-2-3;1-2/h1-2H3,(H2,5,6,7);3H2,1-2H3,(H,5,6);3H2,1-2H3;6*1-2H3,(H,4,5);5*3H,1-2H3;7*1-2H3;2H,1H3;2H,1H3;1-2H3. The molecular weight excluding hydrogens is 1360 g/mol. The minimum Gasteiger partial charge on any atom is -0.471 e. The maximum atomic E-state index is 10.1. The van der Waals surface area contributed by atoms with Gasteiger partial charge in [-0.05, 0) is 183 Å². The number of amidine groups is 1. The molecule has 0 bridgehead atoms. The van der Waals surface area contributed by atoms with E-state index in [1.807, 2.05) is 62.3 Å². The number of carbonyl (C=O) groups is 18. The SMILES string of the molecule is CC.CC(=N)NC(C)=O.CC(C)=O.CC(C)=O.CC(C)=O.CC(C)=O.CC(C)=O.CC(C)=O.CC(C)=O.CC=NC.CC=NC.CC=NC.CC=NC.CC=NC.CC=O.CCC(=O)NC.CCC(C)=O.CNC(C)=O.CNC(C)=O.CNC(C)=O.CNC(C)=O.CNC(C)=O.CNC(C)=O.COC=O. The van der Waals surface area contributed by atoms with E-state index < -0.39 is 0 Å². The summed E-state index contributed by atoms with van der Waals surface area (Å²) in [5, 5.41) is 25.8. The van der Waals surface area contributed by atoms with E-state index in [0.29, 0.717) is 19.3 Å². The van der Waals surface area contributed by atoms with Crippen LogP contribution in [0, 0.1) is 5.41 Å². The first-order chi connectivity index (χ1) is 47.8. The number of Topliss-reactive ketones (excluding diaryl/α,β-unsaturated/α-hetero) is 8. The maximum Gasteiger partial charge on any atom is 0.292 e. The van der Waals surface area contributed by atoms with Crippen molar-refractivity contribution in [2.24, 2.45) is 25.0 Å². The number of aliphatic imine (C=N–C) groups is 5. The fourth-order valence-electron chi connectivity index (χ4n) is 0.441. The van der Waals surface area contributed by atoms with Crippen molar-refractivity contribution in [3.63, 3.8) is 0 Å². The van der Waals surface area contributed by atoms with E-state index in [1.54, 1.807) is 123 Å². The van der Waals surface area contributed by atoms with Crippen LogP contribution in [0.15, 0.2) is 25.0 Å². The second-order valence-corrected chi connectivity index (χ2v) is 17.7. The van der Waals surface area contributed by atoms with Crippen LogP contribution >= 0.6 is 0 Å². The average molecular weight is 1520 g/mol. The molecule has 0 aliphatic rings. The summed E-state index contributed by atoms with van der Waals surface area (Å²) >= 11 is 0. The van der Waals surface area contributed by atoms with E-state index in [2.05, 4.69) is 72.2 Å². The smallest absolute Gasteiger partial charge is 0.292 e. The zero-order chi connectivity index (χ0) is 91.1. The zero-order valence-electron chi connectivity index (χ0n) is 74.4. The molecule has 9 N–H and O–H groups in total. The summed E-state index contributed by atoms with van der Waals surface area (Å²) in [6.07, 6.45) is 10.7. The highest BCUT2D eigenvalue weighted by Crippen LogP contribution is 1.71. The highest BCUT2D eigenvalue weighted by molar-refractivity contribution is 5.94. The molecule has 0 aliphatic carbocycles. The molecule has 0 rings (SSSR count). The first-order valence-corrected chi connectivity index (χ1v) is 32.0. The van der Waals surface area contributed by atoms with Gasteiger partial charge in [-0.2, -0.15) is 0 Å². The number of methoxy groups -OCH3 is 1. The number of carbonyl (C=O) groups excluding carboxylic acids is 18. The number of aldehydes is 1. The second kappa shape index (κ2) is 199. The Bertz CT molecular complexity index is 1720. The predicted molar refractivity (Wildman–Crippen MR) is 442 cm³/mol. The number of nitrogens with one attached hydrogen (secondary N) is 9. The molecule has 0 atom stereocenters. The fourth-order valence-corrected chi connectivity index (χ4v) is 0.441. The van der Waals surface area contributed by atoms with Crippen LogP contribution in [-0.4, -0.2) is 235 Å². The molecule has 630 valence electrons. The molecule has 0 radical (unpaired) electrons. The van der Waals surface area contributed by atoms with Crippen LogP contribution in [-0.2, 0) is 91.0 Å². The first-order valence-electron chi connectivity index (χ1n) is 32.0. The van der Waals surface area contributed by atoms with Crippen LogP contribution in [0.4, 0.5) is 0 Å². The largest absolute Gasteiger partial charge is 0.471 e. The molecule has 0 aliphatic heterocycles. The van der Waals surface area contributed by atoms with E-state index in [1.165, 1.54) is 166 Å². The van der Waals surface area contributed by atoms with E-state index in [-0.39, 0.29) is 99.4 Å². The Morgan fingerprint density at radius 2 is 0.400 bits per heavy atom. The van der Waals surface area contributed by atoms with Crippen LogP contribution < -0.4 is 42.5 Å². The van der Waals surface area contributed by atoms with Crippen molar-refractivity contribution in [3.8, 4) is 0 Å². The van der Waals surface area contributed by atoms with Gasteiger partial charge in [-0.25, -0.2) is 0 Å². The van der Waals surface area contributed by atoms with Gasteiger partial charge in [0.1, 0.15) is 52.6 Å². The van der Waals surface area contributed by atoms with Gasteiger partial charge in [-0.1, -0.05) is 27.7 Å². The van der Waals surface area contributed by atoms with Gasteiger partial charge in [0, 0.05) is 146 Å². The summed E-state index contributed by atoms with van der Waals surface area (Å²) in [7, 11) is 21.3. The molecule has 0 aromatic heterocycles. The summed E-state index contributed by atoms with van der Waals surface area (Å²) in [6.45, 7) is 53.6. The van der Waals surface area contributed by atoms with Gasteiger partial charge < -0.3 is 115 Å². The minimum absolute atomic E-state index is 0.00463. The molecule has 33 nitrogen and oxygen atoms in total. The number of ether oxygens (including phenoxy) is 1. The Morgan fingerprint density at radius 3 is 0.400 bits per heavy atom. The van der Waals surface area contributed by atoms with Gasteiger partial charge in [-0.3, -0.25) is 48.6 Å². The normalized spacial score (nSPS) is 7.18. The third kappa shape index (κ3) is 2400. The van der Waals surface area contributed by atoms with Crippen LogP contribution in [0.1, 0.15) is 241 Å². The van der Waals surface area contributed by atoms with Crippen molar-refractivity contribution in [2.45, 2.75) is 241 Å². The lowest BCUT2D eigenvalue weighted by Gasteiger charge is -1.92. The maximum absolute atomic E-state index is 10.1. The Balaban J connectivity index is -0.0000000297.